The Morgan fingerprint density at radius 2 is 1.76 bits per heavy atom. The van der Waals surface area contributed by atoms with Gasteiger partial charge in [-0.05, 0) is 55.0 Å². The number of hydrogen-bond donors (Lipinski definition) is 1. The molecule has 4 aromatic carbocycles. The number of ether oxygens (including phenoxy) is 2. The van der Waals surface area contributed by atoms with E-state index in [-0.39, 0.29) is 11.5 Å². The zero-order valence-electron chi connectivity index (χ0n) is 27.0. The van der Waals surface area contributed by atoms with Crippen molar-refractivity contribution in [2.75, 3.05) is 19.5 Å². The number of carbonyl (C=O) groups is 1. The van der Waals surface area contributed by atoms with Gasteiger partial charge in [-0.25, -0.2) is 4.99 Å². The van der Waals surface area contributed by atoms with Crippen molar-refractivity contribution >= 4 is 39.9 Å². The molecule has 0 spiro atoms. The van der Waals surface area contributed by atoms with Crippen LogP contribution in [0.25, 0.3) is 17.0 Å². The second-order valence-corrected chi connectivity index (χ2v) is 12.5. The summed E-state index contributed by atoms with van der Waals surface area (Å²) in [5.41, 5.74) is 5.15. The average molecular weight is 666 g/mol. The van der Waals surface area contributed by atoms with Crippen molar-refractivity contribution in [3.8, 4) is 17.6 Å². The van der Waals surface area contributed by atoms with Crippen molar-refractivity contribution in [1.29, 1.82) is 5.26 Å². The van der Waals surface area contributed by atoms with E-state index >= 15 is 0 Å². The molecule has 0 saturated carbocycles. The quantitative estimate of drug-likeness (QED) is 0.222. The molecular weight excluding hydrogens is 635 g/mol. The van der Waals surface area contributed by atoms with E-state index in [1.54, 1.807) is 50.0 Å². The van der Waals surface area contributed by atoms with Crippen LogP contribution in [-0.4, -0.2) is 29.3 Å². The van der Waals surface area contributed by atoms with E-state index in [1.165, 1.54) is 11.3 Å². The second-order valence-electron chi connectivity index (χ2n) is 11.5. The van der Waals surface area contributed by atoms with Crippen LogP contribution < -0.4 is 29.7 Å². The van der Waals surface area contributed by atoms with E-state index in [1.807, 2.05) is 85.1 Å². The highest BCUT2D eigenvalue weighted by atomic mass is 32.1. The number of anilines is 1. The summed E-state index contributed by atoms with van der Waals surface area (Å²) in [7, 11) is 3.12. The summed E-state index contributed by atoms with van der Waals surface area (Å²) in [6.07, 6.45) is 3.88. The minimum atomic E-state index is -0.827. The molecule has 2 aromatic heterocycles. The summed E-state index contributed by atoms with van der Waals surface area (Å²) in [5, 5.41) is 13.6. The van der Waals surface area contributed by atoms with E-state index in [2.05, 4.69) is 16.0 Å². The van der Waals surface area contributed by atoms with Crippen LogP contribution in [0.3, 0.4) is 0 Å². The van der Waals surface area contributed by atoms with E-state index in [0.29, 0.717) is 55.5 Å². The Kier molecular flexibility index (Phi) is 8.43. The number of rotatable bonds is 8. The zero-order chi connectivity index (χ0) is 34.1. The van der Waals surface area contributed by atoms with Gasteiger partial charge >= 0.3 is 0 Å². The molecule has 1 atom stereocenters. The third-order valence-electron chi connectivity index (χ3n) is 8.62. The van der Waals surface area contributed by atoms with Gasteiger partial charge in [0, 0.05) is 46.5 Å². The number of para-hydroxylation sites is 2. The summed E-state index contributed by atoms with van der Waals surface area (Å²) in [6.45, 7) is 2.28. The molecule has 1 N–H and O–H groups in total. The fourth-order valence-electron chi connectivity index (χ4n) is 6.28. The first kappa shape index (κ1) is 31.4. The second kappa shape index (κ2) is 13.1. The van der Waals surface area contributed by atoms with Gasteiger partial charge in [0.2, 0.25) is 0 Å². The monoisotopic (exact) mass is 665 g/mol. The first-order valence-corrected chi connectivity index (χ1v) is 16.4. The van der Waals surface area contributed by atoms with Crippen molar-refractivity contribution in [2.45, 2.75) is 19.5 Å². The van der Waals surface area contributed by atoms with Crippen LogP contribution >= 0.6 is 11.3 Å². The predicted molar refractivity (Wildman–Crippen MR) is 191 cm³/mol. The minimum absolute atomic E-state index is 0.282. The molecule has 0 fully saturated rings. The van der Waals surface area contributed by atoms with Gasteiger partial charge in [0.15, 0.2) is 4.80 Å². The van der Waals surface area contributed by atoms with Gasteiger partial charge in [0.25, 0.3) is 11.5 Å². The number of aromatic nitrogens is 2. The van der Waals surface area contributed by atoms with Gasteiger partial charge in [-0.2, -0.15) is 5.26 Å². The number of thiazole rings is 1. The number of benzene rings is 4. The molecule has 1 aliphatic heterocycles. The first-order chi connectivity index (χ1) is 23.9. The zero-order valence-corrected chi connectivity index (χ0v) is 27.8. The highest BCUT2D eigenvalue weighted by Crippen LogP contribution is 2.37. The van der Waals surface area contributed by atoms with Gasteiger partial charge in [0.1, 0.15) is 17.5 Å². The van der Waals surface area contributed by atoms with Crippen LogP contribution in [-0.2, 0) is 11.3 Å². The third kappa shape index (κ3) is 5.81. The van der Waals surface area contributed by atoms with E-state index < -0.39 is 6.04 Å². The summed E-state index contributed by atoms with van der Waals surface area (Å²) < 4.78 is 15.4. The van der Waals surface area contributed by atoms with E-state index in [9.17, 15) is 14.9 Å². The number of nitrogens with one attached hydrogen (secondary N) is 1. The molecule has 242 valence electrons. The number of methoxy groups -OCH3 is 2. The molecule has 49 heavy (non-hydrogen) atoms. The molecule has 3 heterocycles. The fraction of sp³-hybridized carbons (Fsp3) is 0.128. The molecule has 10 heteroatoms. The van der Waals surface area contributed by atoms with Crippen molar-refractivity contribution < 1.29 is 14.3 Å². The summed E-state index contributed by atoms with van der Waals surface area (Å²) in [4.78, 5) is 33.8. The average Bonchev–Trinajstić information content (AvgIpc) is 3.63. The number of allylic oxidation sites excluding steroid dienone is 1. The van der Waals surface area contributed by atoms with Crippen molar-refractivity contribution in [2.24, 2.45) is 4.99 Å². The first-order valence-electron chi connectivity index (χ1n) is 15.6. The lowest BCUT2D eigenvalue weighted by molar-refractivity contribution is -0.113. The molecule has 0 saturated heterocycles. The standard InChI is InChI=1S/C39H31N5O4S/c1-24-35(37(45)42-28-13-5-4-6-14-28)36(31-18-17-29(47-2)20-33(31)48-3)44-38(46)34(49-39(44)41-24)19-27-23-43(32-16-10-9-15-30(27)32)22-26-12-8-7-11-25(26)21-40/h4-20,23,36H,22H2,1-3H3,(H,42,45)/b34-19-/t36-/m0/s1. The van der Waals surface area contributed by atoms with Gasteiger partial charge in [-0.3, -0.25) is 14.2 Å². The fourth-order valence-corrected chi connectivity index (χ4v) is 7.32. The normalized spacial score (nSPS) is 14.2. The van der Waals surface area contributed by atoms with Crippen LogP contribution in [0.15, 0.2) is 124 Å². The Morgan fingerprint density at radius 3 is 2.53 bits per heavy atom. The lowest BCUT2D eigenvalue weighted by atomic mass is 9.94. The molecule has 0 radical (unpaired) electrons. The van der Waals surface area contributed by atoms with Crippen LogP contribution in [0.5, 0.6) is 11.5 Å². The Labute approximate surface area is 285 Å². The van der Waals surface area contributed by atoms with E-state index in [0.717, 1.165) is 22.0 Å². The molecule has 6 aromatic rings. The highest BCUT2D eigenvalue weighted by molar-refractivity contribution is 7.07. The van der Waals surface area contributed by atoms with Gasteiger partial charge in [-0.15, -0.1) is 0 Å². The smallest absolute Gasteiger partial charge is 0.271 e. The number of fused-ring (bicyclic) bond motifs is 2. The summed E-state index contributed by atoms with van der Waals surface area (Å²) >= 11 is 1.27. The number of carbonyl (C=O) groups excluding carboxylic acids is 1. The Morgan fingerprint density at radius 1 is 1.00 bits per heavy atom. The molecule has 0 bridgehead atoms. The van der Waals surface area contributed by atoms with Crippen LogP contribution in [0.4, 0.5) is 5.69 Å². The predicted octanol–water partition coefficient (Wildman–Crippen LogP) is 5.77. The topological polar surface area (TPSA) is 111 Å². The van der Waals surface area contributed by atoms with Crippen LogP contribution in [0.1, 0.15) is 35.2 Å². The van der Waals surface area contributed by atoms with Crippen molar-refractivity contribution in [3.63, 3.8) is 0 Å². The Hall–Kier alpha value is -6.18. The number of hydrogen-bond acceptors (Lipinski definition) is 7. The SMILES string of the molecule is COc1ccc([C@H]2C(C(=O)Nc3ccccc3)=C(C)N=c3s/c(=C\c4cn(Cc5ccccc5C#N)c5ccccc45)c(=O)n32)c(OC)c1. The van der Waals surface area contributed by atoms with Gasteiger partial charge in [-0.1, -0.05) is 65.9 Å². The van der Waals surface area contributed by atoms with Crippen molar-refractivity contribution in [1.82, 2.24) is 9.13 Å². The van der Waals surface area contributed by atoms with Gasteiger partial charge < -0.3 is 19.4 Å². The van der Waals surface area contributed by atoms with E-state index in [4.69, 9.17) is 14.5 Å². The summed E-state index contributed by atoms with van der Waals surface area (Å²) in [6, 6.07) is 31.5. The van der Waals surface area contributed by atoms with Gasteiger partial charge in [0.05, 0.1) is 41.7 Å². The molecule has 1 aliphatic rings. The minimum Gasteiger partial charge on any atom is -0.497 e. The van der Waals surface area contributed by atoms with Crippen molar-refractivity contribution in [3.05, 3.63) is 156 Å². The molecule has 0 unspecified atom stereocenters. The Balaban J connectivity index is 1.39. The van der Waals surface area contributed by atoms with Crippen LogP contribution in [0.2, 0.25) is 0 Å². The summed E-state index contributed by atoms with van der Waals surface area (Å²) in [5.74, 6) is 0.683. The lowest BCUT2D eigenvalue weighted by Gasteiger charge is -2.26. The lowest BCUT2D eigenvalue weighted by Crippen LogP contribution is -2.40. The van der Waals surface area contributed by atoms with Crippen LogP contribution in [0, 0.1) is 11.3 Å². The maximum atomic E-state index is 14.5. The maximum absolute atomic E-state index is 14.5. The third-order valence-corrected chi connectivity index (χ3v) is 9.60. The molecule has 1 amide bonds. The molecule has 9 nitrogen and oxygen atoms in total. The molecule has 0 aliphatic carbocycles. The number of nitriles is 1. The number of amides is 1. The Bertz CT molecular complexity index is 2500. The molecule has 7 rings (SSSR count). The number of nitrogens with zero attached hydrogens (tertiary/aromatic N) is 4. The maximum Gasteiger partial charge on any atom is 0.271 e. The molecular formula is C39H31N5O4S. The highest BCUT2D eigenvalue weighted by Gasteiger charge is 2.34. The largest absolute Gasteiger partial charge is 0.497 e.